The number of hydrogen-bond donors (Lipinski definition) is 2. The second-order valence-corrected chi connectivity index (χ2v) is 14.8. The monoisotopic (exact) mass is 742 g/mol. The summed E-state index contributed by atoms with van der Waals surface area (Å²) in [6.45, 7) is 9.24. The summed E-state index contributed by atoms with van der Waals surface area (Å²) >= 11 is 0. The van der Waals surface area contributed by atoms with Crippen LogP contribution in [0.25, 0.3) is 0 Å². The Morgan fingerprint density at radius 1 is 1.08 bits per heavy atom. The van der Waals surface area contributed by atoms with Gasteiger partial charge in [0.05, 0.1) is 36.8 Å². The number of ketones is 1. The SMILES string of the molecule is CC[C@H]1OC(=O)C[C@@H](O)[C@H](C)[C@@H](O[C@@H]2O[C@H](C)[C@@H](OCCCCc3ccc(F)cc3)[C@H](N(C)C)[C@H]2O)[C@@H](CC=O)C[C@@H](C)C(=O)/C=C/C(C)=C/[C@@H]1C#N. The Labute approximate surface area is 314 Å². The Balaban J connectivity index is 1.85. The first-order valence-electron chi connectivity index (χ1n) is 18.8. The number of aliphatic hydroxyl groups is 2. The molecule has 2 heterocycles. The molecule has 11 nitrogen and oxygen atoms in total. The van der Waals surface area contributed by atoms with Crippen LogP contribution in [-0.4, -0.2) is 103 Å². The molecule has 53 heavy (non-hydrogen) atoms. The first-order valence-corrected chi connectivity index (χ1v) is 18.8. The second-order valence-electron chi connectivity index (χ2n) is 14.8. The number of aryl methyl sites for hydroxylation is 1. The van der Waals surface area contributed by atoms with Gasteiger partial charge in [0.15, 0.2) is 12.1 Å². The molecule has 1 fully saturated rings. The van der Waals surface area contributed by atoms with E-state index in [1.165, 1.54) is 18.2 Å². The van der Waals surface area contributed by atoms with Gasteiger partial charge < -0.3 is 38.9 Å². The van der Waals surface area contributed by atoms with Gasteiger partial charge in [-0.15, -0.1) is 0 Å². The normalized spacial score (nSPS) is 35.2. The van der Waals surface area contributed by atoms with Crippen molar-refractivity contribution in [2.45, 2.75) is 129 Å². The quantitative estimate of drug-likeness (QED) is 0.167. The van der Waals surface area contributed by atoms with Crippen molar-refractivity contribution in [3.05, 3.63) is 59.4 Å². The fourth-order valence-corrected chi connectivity index (χ4v) is 7.28. The van der Waals surface area contributed by atoms with E-state index in [4.69, 9.17) is 18.9 Å². The number of carbonyl (C=O) groups is 3. The zero-order valence-corrected chi connectivity index (χ0v) is 32.2. The standard InChI is InChI=1S/C41H59FN2O9/c1-8-35-31(24-43)21-25(2)12-17-33(46)26(3)22-30(18-19-45)39(27(4)34(47)23-36(48)52-35)53-41-38(49)37(44(6)7)40(28(5)51-41)50-20-10-9-11-29-13-15-32(42)16-14-29/h12-17,19,21,26-28,30-31,34-35,37-41,47,49H,8-11,18,20,22-23H2,1-7H3/b17-12+,25-21+/t26-,27+,28-,30+,31-,34-,35-,37-,38-,39-,40-,41+/m1/s1. The maximum Gasteiger partial charge on any atom is 0.308 e. The fourth-order valence-electron chi connectivity index (χ4n) is 7.28. The third-order valence-corrected chi connectivity index (χ3v) is 10.4. The summed E-state index contributed by atoms with van der Waals surface area (Å²) < 4.78 is 38.1. The van der Waals surface area contributed by atoms with Gasteiger partial charge in [-0.3, -0.25) is 9.59 Å². The number of rotatable bonds is 12. The number of unbranched alkanes of at least 4 members (excludes halogenated alkanes) is 1. The summed E-state index contributed by atoms with van der Waals surface area (Å²) in [6, 6.07) is 8.05. The lowest BCUT2D eigenvalue weighted by Crippen LogP contribution is -2.64. The number of ether oxygens (including phenoxy) is 4. The molecule has 1 aromatic rings. The molecule has 0 radical (unpaired) electrons. The first kappa shape index (κ1) is 44.1. The Morgan fingerprint density at radius 3 is 2.40 bits per heavy atom. The molecule has 12 atom stereocenters. The largest absolute Gasteiger partial charge is 0.461 e. The molecule has 1 aromatic carbocycles. The topological polar surface area (TPSA) is 156 Å². The fraction of sp³-hybridized carbons (Fsp3) is 0.659. The Hall–Kier alpha value is -3.31. The highest BCUT2D eigenvalue weighted by atomic mass is 19.1. The molecule has 0 saturated carbocycles. The van der Waals surface area contributed by atoms with Crippen LogP contribution in [0, 0.1) is 40.8 Å². The van der Waals surface area contributed by atoms with Gasteiger partial charge in [-0.1, -0.05) is 50.6 Å². The van der Waals surface area contributed by atoms with Crippen LogP contribution >= 0.6 is 0 Å². The van der Waals surface area contributed by atoms with E-state index in [1.54, 1.807) is 52.0 Å². The molecule has 12 heteroatoms. The van der Waals surface area contributed by atoms with Crippen LogP contribution in [0.3, 0.4) is 0 Å². The number of cyclic esters (lactones) is 1. The smallest absolute Gasteiger partial charge is 0.308 e. The maximum atomic E-state index is 13.3. The highest BCUT2D eigenvalue weighted by molar-refractivity contribution is 5.91. The number of aliphatic hydroxyl groups excluding tert-OH is 2. The van der Waals surface area contributed by atoms with E-state index in [9.17, 15) is 34.2 Å². The van der Waals surface area contributed by atoms with Gasteiger partial charge in [-0.2, -0.15) is 5.26 Å². The molecule has 2 aliphatic heterocycles. The summed E-state index contributed by atoms with van der Waals surface area (Å²) in [5, 5.41) is 33.0. The predicted molar refractivity (Wildman–Crippen MR) is 197 cm³/mol. The van der Waals surface area contributed by atoms with Crippen molar-refractivity contribution >= 4 is 18.0 Å². The highest BCUT2D eigenvalue weighted by Crippen LogP contribution is 2.35. The predicted octanol–water partition coefficient (Wildman–Crippen LogP) is 5.12. The molecule has 2 aliphatic rings. The van der Waals surface area contributed by atoms with Crippen molar-refractivity contribution in [3.63, 3.8) is 0 Å². The van der Waals surface area contributed by atoms with Gasteiger partial charge in [0.1, 0.15) is 36.3 Å². The lowest BCUT2D eigenvalue weighted by atomic mass is 9.79. The van der Waals surface area contributed by atoms with Crippen molar-refractivity contribution < 1.29 is 47.9 Å². The molecule has 0 spiro atoms. The molecule has 0 bridgehead atoms. The summed E-state index contributed by atoms with van der Waals surface area (Å²) in [5.41, 5.74) is 1.69. The number of nitriles is 1. The van der Waals surface area contributed by atoms with Gasteiger partial charge in [-0.25, -0.2) is 4.39 Å². The molecule has 1 saturated heterocycles. The van der Waals surface area contributed by atoms with Gasteiger partial charge in [0, 0.05) is 24.9 Å². The molecule has 0 unspecified atom stereocenters. The van der Waals surface area contributed by atoms with E-state index in [2.05, 4.69) is 6.07 Å². The zero-order chi connectivity index (χ0) is 39.2. The Kier molecular flexibility index (Phi) is 17.9. The maximum absolute atomic E-state index is 13.3. The molecule has 294 valence electrons. The number of likely N-dealkylation sites (N-methyl/N-ethyl adjacent to an activating group) is 1. The summed E-state index contributed by atoms with van der Waals surface area (Å²) in [6.07, 6.45) is 1.54. The van der Waals surface area contributed by atoms with Crippen LogP contribution in [0.4, 0.5) is 4.39 Å². The van der Waals surface area contributed by atoms with Crippen LogP contribution < -0.4 is 0 Å². The van der Waals surface area contributed by atoms with Crippen LogP contribution in [0.5, 0.6) is 0 Å². The molecule has 3 rings (SSSR count). The zero-order valence-electron chi connectivity index (χ0n) is 32.2. The number of benzene rings is 1. The van der Waals surface area contributed by atoms with Gasteiger partial charge in [-0.05, 0) is 89.7 Å². The summed E-state index contributed by atoms with van der Waals surface area (Å²) in [5.74, 6) is -3.81. The lowest BCUT2D eigenvalue weighted by Gasteiger charge is -2.48. The molecule has 2 N–H and O–H groups in total. The van der Waals surface area contributed by atoms with Crippen molar-refractivity contribution in [2.24, 2.45) is 23.7 Å². The van der Waals surface area contributed by atoms with Crippen molar-refractivity contribution in [1.29, 1.82) is 5.26 Å². The minimum atomic E-state index is -1.29. The third kappa shape index (κ3) is 12.9. The first-order chi connectivity index (χ1) is 25.2. The highest BCUT2D eigenvalue weighted by Gasteiger charge is 2.48. The minimum Gasteiger partial charge on any atom is -0.461 e. The van der Waals surface area contributed by atoms with Crippen molar-refractivity contribution in [1.82, 2.24) is 4.90 Å². The van der Waals surface area contributed by atoms with Gasteiger partial charge in [0.25, 0.3) is 0 Å². The van der Waals surface area contributed by atoms with Crippen molar-refractivity contribution in [2.75, 3.05) is 20.7 Å². The molecule has 0 aliphatic carbocycles. The second kappa shape index (κ2) is 21.5. The minimum absolute atomic E-state index is 0.00662. The average molecular weight is 743 g/mol. The average Bonchev–Trinajstić information content (AvgIpc) is 3.12. The third-order valence-electron chi connectivity index (χ3n) is 10.4. The van der Waals surface area contributed by atoms with E-state index in [-0.39, 0.29) is 24.4 Å². The van der Waals surface area contributed by atoms with Crippen LogP contribution in [0.1, 0.15) is 78.7 Å². The number of carbonyl (C=O) groups excluding carboxylic acids is 3. The number of halogens is 1. The summed E-state index contributed by atoms with van der Waals surface area (Å²) in [4.78, 5) is 40.4. The molecule has 0 aromatic heterocycles. The Morgan fingerprint density at radius 2 is 1.77 bits per heavy atom. The number of allylic oxidation sites excluding steroid dienone is 3. The number of hydrogen-bond acceptors (Lipinski definition) is 11. The van der Waals surface area contributed by atoms with E-state index in [0.29, 0.717) is 18.6 Å². The summed E-state index contributed by atoms with van der Waals surface area (Å²) in [7, 11) is 3.65. The van der Waals surface area contributed by atoms with E-state index in [1.807, 2.05) is 25.9 Å². The number of aldehydes is 1. The van der Waals surface area contributed by atoms with Crippen LogP contribution in [0.15, 0.2) is 48.1 Å². The lowest BCUT2D eigenvalue weighted by molar-refractivity contribution is -0.309. The van der Waals surface area contributed by atoms with Crippen LogP contribution in [-0.2, 0) is 39.8 Å². The molecule has 0 amide bonds. The van der Waals surface area contributed by atoms with Gasteiger partial charge in [0.2, 0.25) is 0 Å². The van der Waals surface area contributed by atoms with Gasteiger partial charge >= 0.3 is 5.97 Å². The van der Waals surface area contributed by atoms with E-state index < -0.39 is 85.0 Å². The van der Waals surface area contributed by atoms with E-state index >= 15 is 0 Å². The number of nitrogens with zero attached hydrogens (tertiary/aromatic N) is 2. The van der Waals surface area contributed by atoms with E-state index in [0.717, 1.165) is 31.1 Å². The van der Waals surface area contributed by atoms with Crippen LogP contribution in [0.2, 0.25) is 0 Å². The Bertz CT molecular complexity index is 1430. The number of esters is 1. The van der Waals surface area contributed by atoms with Crippen molar-refractivity contribution in [3.8, 4) is 6.07 Å². The molecular weight excluding hydrogens is 683 g/mol. The molecular formula is C41H59FN2O9.